The van der Waals surface area contributed by atoms with Crippen molar-refractivity contribution in [2.24, 2.45) is 0 Å². The van der Waals surface area contributed by atoms with Gasteiger partial charge in [-0.05, 0) is 61.0 Å². The van der Waals surface area contributed by atoms with E-state index >= 15 is 0 Å². The van der Waals surface area contributed by atoms with Gasteiger partial charge < -0.3 is 14.5 Å². The lowest BCUT2D eigenvalue weighted by Crippen LogP contribution is -2.22. The fraction of sp³-hybridized carbons (Fsp3) is 0.0833. The number of hydrogen-bond donors (Lipinski definition) is 1. The number of halogens is 2. The first-order valence-electron chi connectivity index (χ1n) is 9.43. The Labute approximate surface area is 188 Å². The second kappa shape index (κ2) is 8.84. The summed E-state index contributed by atoms with van der Waals surface area (Å²) < 4.78 is 11.7. The maximum Gasteiger partial charge on any atom is 0.262 e. The number of aryl methyl sites for hydroxylation is 1. The summed E-state index contributed by atoms with van der Waals surface area (Å²) in [5.41, 5.74) is 2.04. The first-order valence-corrected chi connectivity index (χ1v) is 10.2. The molecule has 0 aliphatic rings. The van der Waals surface area contributed by atoms with Crippen LogP contribution >= 0.6 is 23.2 Å². The molecule has 0 bridgehead atoms. The Bertz CT molecular complexity index is 1330. The monoisotopic (exact) mass is 453 g/mol. The number of anilines is 1. The highest BCUT2D eigenvalue weighted by atomic mass is 35.5. The zero-order valence-corrected chi connectivity index (χ0v) is 18.0. The minimum atomic E-state index is -0.434. The molecular weight excluding hydrogens is 437 g/mol. The lowest BCUT2D eigenvalue weighted by molar-refractivity contribution is -0.118. The van der Waals surface area contributed by atoms with Gasteiger partial charge in [-0.2, -0.15) is 0 Å². The van der Waals surface area contributed by atoms with Crippen LogP contribution in [0.25, 0.3) is 22.3 Å². The van der Waals surface area contributed by atoms with Crippen LogP contribution in [0.4, 0.5) is 5.69 Å². The van der Waals surface area contributed by atoms with Gasteiger partial charge in [0.2, 0.25) is 11.2 Å². The average Bonchev–Trinajstić information content (AvgIpc) is 2.75. The van der Waals surface area contributed by atoms with E-state index < -0.39 is 5.91 Å². The van der Waals surface area contributed by atoms with Crippen molar-refractivity contribution < 1.29 is 13.9 Å². The van der Waals surface area contributed by atoms with Gasteiger partial charge in [-0.3, -0.25) is 9.59 Å². The molecule has 0 saturated carbocycles. The van der Waals surface area contributed by atoms with Crippen molar-refractivity contribution >= 4 is 45.8 Å². The molecule has 0 unspecified atom stereocenters. The van der Waals surface area contributed by atoms with E-state index in [0.717, 1.165) is 5.56 Å². The summed E-state index contributed by atoms with van der Waals surface area (Å²) in [5, 5.41) is 4.00. The average molecular weight is 454 g/mol. The van der Waals surface area contributed by atoms with Crippen LogP contribution < -0.4 is 15.5 Å². The van der Waals surface area contributed by atoms with Crippen molar-refractivity contribution in [2.45, 2.75) is 6.92 Å². The smallest absolute Gasteiger partial charge is 0.262 e. The molecule has 0 aliphatic heterocycles. The van der Waals surface area contributed by atoms with Gasteiger partial charge in [-0.25, -0.2) is 0 Å². The molecule has 0 aliphatic carbocycles. The van der Waals surface area contributed by atoms with Crippen LogP contribution in [0.3, 0.4) is 0 Å². The van der Waals surface area contributed by atoms with Gasteiger partial charge in [0.25, 0.3) is 5.91 Å². The minimum Gasteiger partial charge on any atom is -0.476 e. The molecule has 4 rings (SSSR count). The summed E-state index contributed by atoms with van der Waals surface area (Å²) in [6, 6.07) is 18.9. The van der Waals surface area contributed by atoms with Crippen molar-refractivity contribution in [1.82, 2.24) is 0 Å². The molecule has 0 spiro atoms. The molecule has 1 aromatic heterocycles. The Kier molecular flexibility index (Phi) is 5.98. The molecule has 31 heavy (non-hydrogen) atoms. The summed E-state index contributed by atoms with van der Waals surface area (Å²) in [4.78, 5) is 25.6. The number of carbonyl (C=O) groups excluding carboxylic acids is 1. The van der Waals surface area contributed by atoms with E-state index in [1.54, 1.807) is 60.7 Å². The number of benzene rings is 3. The number of rotatable bonds is 5. The number of ether oxygens (including phenoxy) is 1. The Morgan fingerprint density at radius 1 is 1.03 bits per heavy atom. The van der Waals surface area contributed by atoms with Gasteiger partial charge in [0.05, 0.1) is 10.4 Å². The SMILES string of the molecule is Cc1ccc2c(=O)c(OCC(=O)Nc3ccc(Cl)cc3)c(-c3ccccc3Cl)oc2c1. The summed E-state index contributed by atoms with van der Waals surface area (Å²) in [6.45, 7) is 1.52. The third-order valence-electron chi connectivity index (χ3n) is 4.60. The van der Waals surface area contributed by atoms with Crippen LogP contribution in [0.2, 0.25) is 10.0 Å². The normalized spacial score (nSPS) is 10.8. The standard InChI is InChI=1S/C24H17Cl2NO4/c1-14-6-11-18-20(12-14)31-23(17-4-2-3-5-19(17)26)24(22(18)29)30-13-21(28)27-16-9-7-15(25)8-10-16/h2-12H,13H2,1H3,(H,27,28). The Morgan fingerprint density at radius 3 is 2.52 bits per heavy atom. The van der Waals surface area contributed by atoms with Crippen LogP contribution in [0.5, 0.6) is 5.75 Å². The highest BCUT2D eigenvalue weighted by Crippen LogP contribution is 2.35. The predicted octanol–water partition coefficient (Wildman–Crippen LogP) is 6.09. The molecule has 5 nitrogen and oxygen atoms in total. The van der Waals surface area contributed by atoms with Crippen molar-refractivity contribution in [3.05, 3.63) is 92.6 Å². The number of hydrogen-bond acceptors (Lipinski definition) is 4. The van der Waals surface area contributed by atoms with Crippen LogP contribution in [0.1, 0.15) is 5.56 Å². The Hall–Kier alpha value is -3.28. The van der Waals surface area contributed by atoms with Gasteiger partial charge in [0.15, 0.2) is 12.4 Å². The summed E-state index contributed by atoms with van der Waals surface area (Å²) in [6.07, 6.45) is 0. The van der Waals surface area contributed by atoms with Gasteiger partial charge >= 0.3 is 0 Å². The topological polar surface area (TPSA) is 68.5 Å². The summed E-state index contributed by atoms with van der Waals surface area (Å²) >= 11 is 12.2. The fourth-order valence-corrected chi connectivity index (χ4v) is 3.45. The zero-order valence-electron chi connectivity index (χ0n) is 16.4. The molecule has 156 valence electrons. The van der Waals surface area contributed by atoms with Crippen molar-refractivity contribution in [3.8, 4) is 17.1 Å². The molecule has 0 fully saturated rings. The molecule has 1 amide bonds. The molecule has 1 heterocycles. The fourth-order valence-electron chi connectivity index (χ4n) is 3.11. The first kappa shape index (κ1) is 21.0. The third kappa shape index (κ3) is 4.58. The largest absolute Gasteiger partial charge is 0.476 e. The molecule has 4 aromatic rings. The van der Waals surface area contributed by atoms with Crippen molar-refractivity contribution in [2.75, 3.05) is 11.9 Å². The molecule has 0 radical (unpaired) electrons. The maximum atomic E-state index is 13.2. The van der Waals surface area contributed by atoms with E-state index in [1.165, 1.54) is 0 Å². The number of carbonyl (C=O) groups is 1. The Balaban J connectivity index is 1.71. The molecule has 7 heteroatoms. The van der Waals surface area contributed by atoms with Gasteiger partial charge in [0.1, 0.15) is 5.58 Å². The van der Waals surface area contributed by atoms with E-state index in [9.17, 15) is 9.59 Å². The zero-order chi connectivity index (χ0) is 22.0. The van der Waals surface area contributed by atoms with E-state index in [1.807, 2.05) is 13.0 Å². The van der Waals surface area contributed by atoms with E-state index in [-0.39, 0.29) is 23.5 Å². The van der Waals surface area contributed by atoms with Crippen LogP contribution in [-0.4, -0.2) is 12.5 Å². The van der Waals surface area contributed by atoms with Gasteiger partial charge in [0, 0.05) is 16.3 Å². The lowest BCUT2D eigenvalue weighted by atomic mass is 10.1. The molecule has 0 atom stereocenters. The van der Waals surface area contributed by atoms with Crippen LogP contribution in [-0.2, 0) is 4.79 Å². The number of amides is 1. The van der Waals surface area contributed by atoms with Gasteiger partial charge in [-0.1, -0.05) is 41.4 Å². The highest BCUT2D eigenvalue weighted by Gasteiger charge is 2.20. The van der Waals surface area contributed by atoms with Crippen LogP contribution in [0.15, 0.2) is 75.9 Å². The lowest BCUT2D eigenvalue weighted by Gasteiger charge is -2.13. The van der Waals surface area contributed by atoms with E-state index in [0.29, 0.717) is 32.3 Å². The second-order valence-corrected chi connectivity index (χ2v) is 7.76. The quantitative estimate of drug-likeness (QED) is 0.396. The van der Waals surface area contributed by atoms with E-state index in [4.69, 9.17) is 32.4 Å². The molecule has 0 saturated heterocycles. The van der Waals surface area contributed by atoms with Gasteiger partial charge in [-0.15, -0.1) is 0 Å². The first-order chi connectivity index (χ1) is 14.9. The predicted molar refractivity (Wildman–Crippen MR) is 123 cm³/mol. The number of fused-ring (bicyclic) bond motifs is 1. The molecular formula is C24H17Cl2NO4. The second-order valence-electron chi connectivity index (χ2n) is 6.91. The van der Waals surface area contributed by atoms with Crippen LogP contribution in [0, 0.1) is 6.92 Å². The molecule has 1 N–H and O–H groups in total. The molecule has 3 aromatic carbocycles. The number of nitrogens with one attached hydrogen (secondary N) is 1. The van der Waals surface area contributed by atoms with E-state index in [2.05, 4.69) is 5.32 Å². The third-order valence-corrected chi connectivity index (χ3v) is 5.18. The highest BCUT2D eigenvalue weighted by molar-refractivity contribution is 6.33. The van der Waals surface area contributed by atoms with Crippen molar-refractivity contribution in [1.29, 1.82) is 0 Å². The minimum absolute atomic E-state index is 0.0734. The Morgan fingerprint density at radius 2 is 1.77 bits per heavy atom. The summed E-state index contributed by atoms with van der Waals surface area (Å²) in [7, 11) is 0. The van der Waals surface area contributed by atoms with Crippen molar-refractivity contribution in [3.63, 3.8) is 0 Å². The maximum absolute atomic E-state index is 13.2. The summed E-state index contributed by atoms with van der Waals surface area (Å²) in [5.74, 6) is -0.334.